The second-order valence-corrected chi connectivity index (χ2v) is 7.04. The summed E-state index contributed by atoms with van der Waals surface area (Å²) in [5.74, 6) is 0.425. The van der Waals surface area contributed by atoms with Crippen LogP contribution in [0.5, 0.6) is 5.75 Å². The number of carbonyl (C=O) groups is 2. The first-order chi connectivity index (χ1) is 14.0. The fraction of sp³-hybridized carbons (Fsp3) is 0.227. The number of amides is 2. The lowest BCUT2D eigenvalue weighted by atomic mass is 10.2. The molecule has 2 N–H and O–H groups in total. The minimum Gasteiger partial charge on any atom is -0.497 e. The van der Waals surface area contributed by atoms with Crippen LogP contribution in [0.3, 0.4) is 0 Å². The summed E-state index contributed by atoms with van der Waals surface area (Å²) in [6.45, 7) is 1.59. The molecule has 2 aromatic carbocycles. The summed E-state index contributed by atoms with van der Waals surface area (Å²) < 4.78 is 5.10. The molecule has 1 aliphatic rings. The van der Waals surface area contributed by atoms with Gasteiger partial charge in [0, 0.05) is 30.4 Å². The molecule has 2 amide bonds. The van der Waals surface area contributed by atoms with E-state index in [1.54, 1.807) is 37.5 Å². The van der Waals surface area contributed by atoms with Gasteiger partial charge in [0.05, 0.1) is 7.11 Å². The molecule has 0 bridgehead atoms. The van der Waals surface area contributed by atoms with Gasteiger partial charge in [-0.2, -0.15) is 0 Å². The van der Waals surface area contributed by atoms with Crippen LogP contribution >= 0.6 is 12.2 Å². The Balaban J connectivity index is 1.54. The second kappa shape index (κ2) is 9.84. The predicted octanol–water partition coefficient (Wildman–Crippen LogP) is 3.46. The Labute approximate surface area is 175 Å². The molecule has 1 saturated heterocycles. The van der Waals surface area contributed by atoms with Crippen molar-refractivity contribution in [1.82, 2.24) is 10.2 Å². The van der Waals surface area contributed by atoms with Crippen molar-refractivity contribution < 1.29 is 14.3 Å². The van der Waals surface area contributed by atoms with Crippen molar-refractivity contribution in [3.8, 4) is 5.75 Å². The van der Waals surface area contributed by atoms with Gasteiger partial charge < -0.3 is 15.0 Å². The molecule has 1 fully saturated rings. The second-order valence-electron chi connectivity index (χ2n) is 6.63. The van der Waals surface area contributed by atoms with Crippen LogP contribution in [0.25, 0.3) is 6.08 Å². The molecule has 150 valence electrons. The van der Waals surface area contributed by atoms with Crippen LogP contribution in [0.4, 0.5) is 5.69 Å². The number of hydrogen-bond donors (Lipinski definition) is 2. The van der Waals surface area contributed by atoms with E-state index in [2.05, 4.69) is 10.6 Å². The standard InChI is InChI=1S/C22H23N3O3S/c1-28-19-10-7-16(8-11-19)9-12-20(26)24-22(29)23-18-6-4-5-17(15-18)21(27)25-13-2-3-14-25/h4-12,15H,2-3,13-14H2,1H3,(H2,23,24,26,29)/b12-9+. The first-order valence-electron chi connectivity index (χ1n) is 9.38. The van der Waals surface area contributed by atoms with Gasteiger partial charge in [0.25, 0.3) is 5.91 Å². The highest BCUT2D eigenvalue weighted by Crippen LogP contribution is 2.16. The van der Waals surface area contributed by atoms with Crippen LogP contribution in [0.1, 0.15) is 28.8 Å². The van der Waals surface area contributed by atoms with Crippen molar-refractivity contribution in [1.29, 1.82) is 0 Å². The number of nitrogens with one attached hydrogen (secondary N) is 2. The predicted molar refractivity (Wildman–Crippen MR) is 118 cm³/mol. The maximum absolute atomic E-state index is 12.5. The zero-order valence-electron chi connectivity index (χ0n) is 16.2. The van der Waals surface area contributed by atoms with Gasteiger partial charge in [0.2, 0.25) is 5.91 Å². The van der Waals surface area contributed by atoms with E-state index in [1.165, 1.54) is 6.08 Å². The van der Waals surface area contributed by atoms with E-state index in [0.29, 0.717) is 11.3 Å². The number of nitrogens with zero attached hydrogens (tertiary/aromatic N) is 1. The molecular formula is C22H23N3O3S. The highest BCUT2D eigenvalue weighted by atomic mass is 32.1. The van der Waals surface area contributed by atoms with Crippen molar-refractivity contribution in [2.75, 3.05) is 25.5 Å². The number of likely N-dealkylation sites (tertiary alicyclic amines) is 1. The highest BCUT2D eigenvalue weighted by molar-refractivity contribution is 7.80. The summed E-state index contributed by atoms with van der Waals surface area (Å²) in [5.41, 5.74) is 2.12. The Kier molecular flexibility index (Phi) is 6.97. The number of benzene rings is 2. The Morgan fingerprint density at radius 1 is 1.10 bits per heavy atom. The number of hydrogen-bond acceptors (Lipinski definition) is 4. The average molecular weight is 410 g/mol. The molecule has 2 aromatic rings. The van der Waals surface area contributed by atoms with Gasteiger partial charge in [0.1, 0.15) is 5.75 Å². The average Bonchev–Trinajstić information content (AvgIpc) is 3.27. The minimum absolute atomic E-state index is 0.0172. The Morgan fingerprint density at radius 2 is 1.83 bits per heavy atom. The molecule has 0 radical (unpaired) electrons. The molecule has 0 spiro atoms. The van der Waals surface area contributed by atoms with Gasteiger partial charge >= 0.3 is 0 Å². The molecule has 0 saturated carbocycles. The Bertz CT molecular complexity index is 919. The SMILES string of the molecule is COc1ccc(/C=C/C(=O)NC(=S)Nc2cccc(C(=O)N3CCCC3)c2)cc1. The fourth-order valence-corrected chi connectivity index (χ4v) is 3.25. The fourth-order valence-electron chi connectivity index (χ4n) is 3.04. The van der Waals surface area contributed by atoms with E-state index in [9.17, 15) is 9.59 Å². The van der Waals surface area contributed by atoms with E-state index in [1.807, 2.05) is 29.2 Å². The lowest BCUT2D eigenvalue weighted by molar-refractivity contribution is -0.115. The first kappa shape index (κ1) is 20.5. The van der Waals surface area contributed by atoms with Crippen molar-refractivity contribution >= 4 is 40.9 Å². The smallest absolute Gasteiger partial charge is 0.253 e. The number of methoxy groups -OCH3 is 1. The quantitative estimate of drug-likeness (QED) is 0.585. The van der Waals surface area contributed by atoms with E-state index in [0.717, 1.165) is 37.2 Å². The maximum Gasteiger partial charge on any atom is 0.253 e. The van der Waals surface area contributed by atoms with E-state index in [4.69, 9.17) is 17.0 Å². The van der Waals surface area contributed by atoms with Gasteiger partial charge in [-0.3, -0.25) is 14.9 Å². The van der Waals surface area contributed by atoms with Gasteiger partial charge in [-0.05, 0) is 67.0 Å². The monoisotopic (exact) mass is 409 g/mol. The van der Waals surface area contributed by atoms with Crippen LogP contribution in [-0.2, 0) is 4.79 Å². The zero-order chi connectivity index (χ0) is 20.6. The lowest BCUT2D eigenvalue weighted by Gasteiger charge is -2.16. The molecule has 0 aliphatic carbocycles. The largest absolute Gasteiger partial charge is 0.497 e. The molecule has 1 heterocycles. The normalized spacial score (nSPS) is 13.3. The molecule has 0 aromatic heterocycles. The van der Waals surface area contributed by atoms with Gasteiger partial charge in [-0.15, -0.1) is 0 Å². The molecule has 7 heteroatoms. The third-order valence-corrected chi connectivity index (χ3v) is 4.74. The summed E-state index contributed by atoms with van der Waals surface area (Å²) in [6, 6.07) is 14.5. The van der Waals surface area contributed by atoms with Crippen molar-refractivity contribution in [3.63, 3.8) is 0 Å². The maximum atomic E-state index is 12.5. The summed E-state index contributed by atoms with van der Waals surface area (Å²) in [5, 5.41) is 5.72. The van der Waals surface area contributed by atoms with Gasteiger partial charge in [-0.25, -0.2) is 0 Å². The third-order valence-electron chi connectivity index (χ3n) is 4.54. The molecule has 1 aliphatic heterocycles. The van der Waals surface area contributed by atoms with Crippen LogP contribution < -0.4 is 15.4 Å². The van der Waals surface area contributed by atoms with Crippen molar-refractivity contribution in [3.05, 3.63) is 65.7 Å². The summed E-state index contributed by atoms with van der Waals surface area (Å²) in [4.78, 5) is 26.4. The lowest BCUT2D eigenvalue weighted by Crippen LogP contribution is -2.33. The Morgan fingerprint density at radius 3 is 2.52 bits per heavy atom. The number of anilines is 1. The molecule has 0 unspecified atom stereocenters. The number of rotatable bonds is 5. The summed E-state index contributed by atoms with van der Waals surface area (Å²) in [7, 11) is 1.60. The molecule has 6 nitrogen and oxygen atoms in total. The van der Waals surface area contributed by atoms with Crippen LogP contribution in [0, 0.1) is 0 Å². The molecule has 3 rings (SSSR count). The van der Waals surface area contributed by atoms with E-state index < -0.39 is 0 Å². The molecular weight excluding hydrogens is 386 g/mol. The number of ether oxygens (including phenoxy) is 1. The highest BCUT2D eigenvalue weighted by Gasteiger charge is 2.19. The molecule has 0 atom stereocenters. The summed E-state index contributed by atoms with van der Waals surface area (Å²) >= 11 is 5.20. The minimum atomic E-state index is -0.345. The van der Waals surface area contributed by atoms with Crippen molar-refractivity contribution in [2.45, 2.75) is 12.8 Å². The van der Waals surface area contributed by atoms with Crippen LogP contribution in [0.15, 0.2) is 54.6 Å². The summed E-state index contributed by atoms with van der Waals surface area (Å²) in [6.07, 6.45) is 5.18. The molecule has 29 heavy (non-hydrogen) atoms. The number of carbonyl (C=O) groups excluding carboxylic acids is 2. The van der Waals surface area contributed by atoms with Gasteiger partial charge in [-0.1, -0.05) is 18.2 Å². The topological polar surface area (TPSA) is 70.7 Å². The van der Waals surface area contributed by atoms with Crippen molar-refractivity contribution in [2.24, 2.45) is 0 Å². The third kappa shape index (κ3) is 5.89. The number of thiocarbonyl (C=S) groups is 1. The van der Waals surface area contributed by atoms with Gasteiger partial charge in [0.15, 0.2) is 5.11 Å². The van der Waals surface area contributed by atoms with E-state index in [-0.39, 0.29) is 16.9 Å². The van der Waals surface area contributed by atoms with Crippen LogP contribution in [-0.4, -0.2) is 42.0 Å². The van der Waals surface area contributed by atoms with Crippen LogP contribution in [0.2, 0.25) is 0 Å². The first-order valence-corrected chi connectivity index (χ1v) is 9.79. The zero-order valence-corrected chi connectivity index (χ0v) is 17.0. The van der Waals surface area contributed by atoms with E-state index >= 15 is 0 Å². The Hall–Kier alpha value is -3.19.